The van der Waals surface area contributed by atoms with Crippen molar-refractivity contribution in [2.75, 3.05) is 19.0 Å². The van der Waals surface area contributed by atoms with Gasteiger partial charge in [0.25, 0.3) is 5.91 Å². The Bertz CT molecular complexity index is 871. The summed E-state index contributed by atoms with van der Waals surface area (Å²) < 4.78 is 5.21. The Kier molecular flexibility index (Phi) is 8.06. The van der Waals surface area contributed by atoms with Crippen LogP contribution in [0.15, 0.2) is 54.6 Å². The molecule has 1 aliphatic heterocycles. The number of carbonyl (C=O) groups is 2. The number of hydrogen-bond acceptors (Lipinski definition) is 4. The van der Waals surface area contributed by atoms with E-state index in [1.807, 2.05) is 49.4 Å². The fourth-order valence-corrected chi connectivity index (χ4v) is 4.30. The number of methoxy groups -OCH3 is 1. The first-order valence-corrected chi connectivity index (χ1v) is 11.0. The Morgan fingerprint density at radius 2 is 1.90 bits per heavy atom. The second-order valence-corrected chi connectivity index (χ2v) is 8.36. The van der Waals surface area contributed by atoms with Gasteiger partial charge in [0.15, 0.2) is 0 Å². The first-order valence-electron chi connectivity index (χ1n) is 11.0. The van der Waals surface area contributed by atoms with Crippen LogP contribution in [0.1, 0.15) is 49.9 Å². The highest BCUT2D eigenvalue weighted by atomic mass is 16.5. The van der Waals surface area contributed by atoms with E-state index in [0.717, 1.165) is 31.4 Å². The van der Waals surface area contributed by atoms with Gasteiger partial charge in [0.1, 0.15) is 5.75 Å². The normalized spacial score (nSPS) is 20.0. The Morgan fingerprint density at radius 1 is 1.13 bits per heavy atom. The van der Waals surface area contributed by atoms with E-state index in [4.69, 9.17) is 4.74 Å². The van der Waals surface area contributed by atoms with Gasteiger partial charge in [0, 0.05) is 29.4 Å². The second kappa shape index (κ2) is 11.0. The minimum absolute atomic E-state index is 0.00183. The Hall–Kier alpha value is -2.86. The molecule has 0 spiro atoms. The summed E-state index contributed by atoms with van der Waals surface area (Å²) >= 11 is 0. The molecule has 0 aromatic heterocycles. The van der Waals surface area contributed by atoms with Gasteiger partial charge in [-0.25, -0.2) is 0 Å². The van der Waals surface area contributed by atoms with Gasteiger partial charge in [-0.05, 0) is 63.4 Å². The molecule has 3 unspecified atom stereocenters. The third-order valence-electron chi connectivity index (χ3n) is 5.91. The van der Waals surface area contributed by atoms with Crippen LogP contribution in [0.4, 0.5) is 5.69 Å². The molecule has 2 amide bonds. The van der Waals surface area contributed by atoms with Crippen molar-refractivity contribution in [2.24, 2.45) is 0 Å². The van der Waals surface area contributed by atoms with Crippen LogP contribution in [0.25, 0.3) is 0 Å². The molecule has 31 heavy (non-hydrogen) atoms. The summed E-state index contributed by atoms with van der Waals surface area (Å²) in [5, 5.41) is 6.09. The number of carbonyl (C=O) groups excluding carboxylic acids is 2. The van der Waals surface area contributed by atoms with E-state index in [-0.39, 0.29) is 23.9 Å². The van der Waals surface area contributed by atoms with Crippen molar-refractivity contribution in [1.82, 2.24) is 10.2 Å². The van der Waals surface area contributed by atoms with Crippen LogP contribution >= 0.6 is 0 Å². The second-order valence-electron chi connectivity index (χ2n) is 8.36. The Labute approximate surface area is 185 Å². The van der Waals surface area contributed by atoms with Crippen LogP contribution in [-0.2, 0) is 4.79 Å². The van der Waals surface area contributed by atoms with Crippen LogP contribution in [0.3, 0.4) is 0 Å². The lowest BCUT2D eigenvalue weighted by molar-refractivity contribution is -0.119. The van der Waals surface area contributed by atoms with E-state index in [1.54, 1.807) is 19.2 Å². The van der Waals surface area contributed by atoms with Gasteiger partial charge in [-0.1, -0.05) is 30.7 Å². The SMILES string of the molecule is COc1cccc(C(=O)NC(C)CC2CCCC(C)N2CC(=O)Nc2ccccc2)c1. The summed E-state index contributed by atoms with van der Waals surface area (Å²) in [6.07, 6.45) is 4.06. The topological polar surface area (TPSA) is 70.7 Å². The minimum Gasteiger partial charge on any atom is -0.497 e. The van der Waals surface area contributed by atoms with Crippen molar-refractivity contribution in [1.29, 1.82) is 0 Å². The monoisotopic (exact) mass is 423 g/mol. The van der Waals surface area contributed by atoms with Crippen molar-refractivity contribution in [3.8, 4) is 5.75 Å². The maximum Gasteiger partial charge on any atom is 0.251 e. The molecule has 166 valence electrons. The molecule has 2 aromatic rings. The summed E-state index contributed by atoms with van der Waals surface area (Å²) in [6.45, 7) is 4.57. The van der Waals surface area contributed by atoms with Crippen LogP contribution in [0.2, 0.25) is 0 Å². The minimum atomic E-state index is -0.108. The maximum absolute atomic E-state index is 12.6. The molecular formula is C25H33N3O3. The van der Waals surface area contributed by atoms with Crippen molar-refractivity contribution in [3.63, 3.8) is 0 Å². The summed E-state index contributed by atoms with van der Waals surface area (Å²) in [5.41, 5.74) is 1.40. The van der Waals surface area contributed by atoms with Gasteiger partial charge >= 0.3 is 0 Å². The van der Waals surface area contributed by atoms with Gasteiger partial charge in [-0.2, -0.15) is 0 Å². The lowest BCUT2D eigenvalue weighted by Gasteiger charge is -2.41. The van der Waals surface area contributed by atoms with Crippen LogP contribution in [0, 0.1) is 0 Å². The lowest BCUT2D eigenvalue weighted by Crippen LogP contribution is -2.51. The molecule has 1 heterocycles. The number of rotatable bonds is 8. The number of amides is 2. The third-order valence-corrected chi connectivity index (χ3v) is 5.91. The molecule has 6 nitrogen and oxygen atoms in total. The number of para-hydroxylation sites is 1. The van der Waals surface area contributed by atoms with E-state index in [0.29, 0.717) is 23.9 Å². The molecule has 0 aliphatic carbocycles. The van der Waals surface area contributed by atoms with Crippen molar-refractivity contribution >= 4 is 17.5 Å². The van der Waals surface area contributed by atoms with E-state index < -0.39 is 0 Å². The predicted octanol–water partition coefficient (Wildman–Crippen LogP) is 4.09. The lowest BCUT2D eigenvalue weighted by atomic mass is 9.92. The molecule has 3 atom stereocenters. The fourth-order valence-electron chi connectivity index (χ4n) is 4.30. The summed E-state index contributed by atoms with van der Waals surface area (Å²) in [6, 6.07) is 17.3. The highest BCUT2D eigenvalue weighted by Gasteiger charge is 2.30. The number of anilines is 1. The predicted molar refractivity (Wildman–Crippen MR) is 123 cm³/mol. The fraction of sp³-hybridized carbons (Fsp3) is 0.440. The number of ether oxygens (including phenoxy) is 1. The first kappa shape index (κ1) is 22.8. The van der Waals surface area contributed by atoms with E-state index in [1.165, 1.54) is 0 Å². The molecule has 1 saturated heterocycles. The Morgan fingerprint density at radius 3 is 2.65 bits per heavy atom. The number of benzene rings is 2. The zero-order valence-electron chi connectivity index (χ0n) is 18.6. The average Bonchev–Trinajstić information content (AvgIpc) is 2.76. The average molecular weight is 424 g/mol. The van der Waals surface area contributed by atoms with Gasteiger partial charge in [-0.15, -0.1) is 0 Å². The van der Waals surface area contributed by atoms with Gasteiger partial charge in [0.2, 0.25) is 5.91 Å². The summed E-state index contributed by atoms with van der Waals surface area (Å²) in [7, 11) is 1.59. The van der Waals surface area contributed by atoms with E-state index in [2.05, 4.69) is 22.5 Å². The molecular weight excluding hydrogens is 390 g/mol. The molecule has 0 bridgehead atoms. The smallest absolute Gasteiger partial charge is 0.251 e. The van der Waals surface area contributed by atoms with Gasteiger partial charge in [0.05, 0.1) is 13.7 Å². The molecule has 2 aromatic carbocycles. The number of nitrogens with one attached hydrogen (secondary N) is 2. The van der Waals surface area contributed by atoms with Gasteiger partial charge in [-0.3, -0.25) is 14.5 Å². The molecule has 6 heteroatoms. The van der Waals surface area contributed by atoms with Crippen LogP contribution in [0.5, 0.6) is 5.75 Å². The van der Waals surface area contributed by atoms with Crippen molar-refractivity contribution in [2.45, 2.75) is 57.7 Å². The highest BCUT2D eigenvalue weighted by molar-refractivity contribution is 5.94. The van der Waals surface area contributed by atoms with Crippen LogP contribution < -0.4 is 15.4 Å². The van der Waals surface area contributed by atoms with Crippen LogP contribution in [-0.4, -0.2) is 48.5 Å². The summed E-state index contributed by atoms with van der Waals surface area (Å²) in [5.74, 6) is 0.554. The number of hydrogen-bond donors (Lipinski definition) is 2. The molecule has 1 fully saturated rings. The third kappa shape index (κ3) is 6.56. The zero-order valence-corrected chi connectivity index (χ0v) is 18.6. The number of likely N-dealkylation sites (tertiary alicyclic amines) is 1. The molecule has 1 aliphatic rings. The number of nitrogens with zero attached hydrogens (tertiary/aromatic N) is 1. The Balaban J connectivity index is 1.58. The molecule has 0 saturated carbocycles. The standard InChI is InChI=1S/C25H33N3O3/c1-18(26-25(30)20-10-8-14-23(16-20)31-3)15-22-13-7-9-19(2)28(22)17-24(29)27-21-11-5-4-6-12-21/h4-6,8,10-12,14,16,18-19,22H,7,9,13,15,17H2,1-3H3,(H,26,30)(H,27,29). The number of piperidine rings is 1. The first-order chi connectivity index (χ1) is 15.0. The molecule has 2 N–H and O–H groups in total. The quantitative estimate of drug-likeness (QED) is 0.671. The zero-order chi connectivity index (χ0) is 22.2. The maximum atomic E-state index is 12.6. The van der Waals surface area contributed by atoms with Crippen molar-refractivity contribution < 1.29 is 14.3 Å². The van der Waals surface area contributed by atoms with E-state index in [9.17, 15) is 9.59 Å². The highest BCUT2D eigenvalue weighted by Crippen LogP contribution is 2.26. The largest absolute Gasteiger partial charge is 0.497 e. The summed E-state index contributed by atoms with van der Waals surface area (Å²) in [4.78, 5) is 27.6. The van der Waals surface area contributed by atoms with E-state index >= 15 is 0 Å². The molecule has 0 radical (unpaired) electrons. The van der Waals surface area contributed by atoms with Crippen molar-refractivity contribution in [3.05, 3.63) is 60.2 Å². The van der Waals surface area contributed by atoms with Gasteiger partial charge < -0.3 is 15.4 Å². The molecule has 3 rings (SSSR count).